The molecule has 1 unspecified atom stereocenters. The van der Waals surface area contributed by atoms with Crippen molar-refractivity contribution in [2.45, 2.75) is 38.5 Å². The van der Waals surface area contributed by atoms with Gasteiger partial charge in [-0.2, -0.15) is 0 Å². The third-order valence-corrected chi connectivity index (χ3v) is 5.11. The number of methoxy groups -OCH3 is 1. The molecule has 2 aliphatic rings. The lowest BCUT2D eigenvalue weighted by atomic mass is 9.99. The average Bonchev–Trinajstić information content (AvgIpc) is 2.80. The van der Waals surface area contributed by atoms with Gasteiger partial charge in [-0.05, 0) is 44.0 Å². The second-order valence-corrected chi connectivity index (χ2v) is 6.64. The molecule has 2 aromatic rings. The lowest BCUT2D eigenvalue weighted by molar-refractivity contribution is 0.0721. The van der Waals surface area contributed by atoms with Crippen LogP contribution in [0.3, 0.4) is 0 Å². The first kappa shape index (κ1) is 15.3. The summed E-state index contributed by atoms with van der Waals surface area (Å²) in [6.45, 7) is 4.10. The Kier molecular flexibility index (Phi) is 4.02. The smallest absolute Gasteiger partial charge is 0.135 e. The van der Waals surface area contributed by atoms with Crippen molar-refractivity contribution < 1.29 is 4.74 Å². The molecular formula is C19H24N4O. The minimum Gasteiger partial charge on any atom is -0.381 e. The van der Waals surface area contributed by atoms with Crippen molar-refractivity contribution >= 4 is 22.9 Å². The highest BCUT2D eigenvalue weighted by Crippen LogP contribution is 2.35. The molecule has 0 aliphatic carbocycles. The SMILES string of the molecule is COC1CCN(c2ccc3c(c2)NCc2cccnc2N3)[C@H](C)C1. The third kappa shape index (κ3) is 2.80. The van der Waals surface area contributed by atoms with Gasteiger partial charge in [-0.15, -0.1) is 0 Å². The van der Waals surface area contributed by atoms with Crippen LogP contribution in [-0.2, 0) is 11.3 Å². The number of aromatic nitrogens is 1. The molecule has 5 nitrogen and oxygen atoms in total. The molecule has 0 amide bonds. The molecule has 2 N–H and O–H groups in total. The Labute approximate surface area is 143 Å². The molecule has 24 heavy (non-hydrogen) atoms. The number of fused-ring (bicyclic) bond motifs is 2. The number of hydrogen-bond donors (Lipinski definition) is 2. The van der Waals surface area contributed by atoms with Crippen molar-refractivity contribution in [3.8, 4) is 0 Å². The highest BCUT2D eigenvalue weighted by Gasteiger charge is 2.26. The van der Waals surface area contributed by atoms with Crippen molar-refractivity contribution in [2.75, 3.05) is 29.2 Å². The molecule has 1 aromatic carbocycles. The minimum absolute atomic E-state index is 0.387. The number of benzene rings is 1. The molecule has 0 saturated carbocycles. The Morgan fingerprint density at radius 1 is 1.25 bits per heavy atom. The van der Waals surface area contributed by atoms with E-state index < -0.39 is 0 Å². The molecule has 1 saturated heterocycles. The summed E-state index contributed by atoms with van der Waals surface area (Å²) in [4.78, 5) is 6.92. The largest absolute Gasteiger partial charge is 0.381 e. The van der Waals surface area contributed by atoms with E-state index in [-0.39, 0.29) is 0 Å². The van der Waals surface area contributed by atoms with Crippen LogP contribution in [-0.4, -0.2) is 30.8 Å². The normalized spacial score (nSPS) is 22.7. The molecule has 1 fully saturated rings. The Bertz CT molecular complexity index is 733. The molecule has 5 heteroatoms. The van der Waals surface area contributed by atoms with Gasteiger partial charge in [0, 0.05) is 43.7 Å². The van der Waals surface area contributed by atoms with Gasteiger partial charge in [0.2, 0.25) is 0 Å². The maximum absolute atomic E-state index is 5.53. The monoisotopic (exact) mass is 324 g/mol. The van der Waals surface area contributed by atoms with Gasteiger partial charge in [0.1, 0.15) is 5.82 Å². The number of piperidine rings is 1. The van der Waals surface area contributed by atoms with Gasteiger partial charge in [0.05, 0.1) is 17.5 Å². The molecule has 0 spiro atoms. The van der Waals surface area contributed by atoms with E-state index in [0.29, 0.717) is 12.1 Å². The number of anilines is 4. The van der Waals surface area contributed by atoms with Crippen LogP contribution in [0.2, 0.25) is 0 Å². The second kappa shape index (κ2) is 6.32. The Morgan fingerprint density at radius 3 is 3.00 bits per heavy atom. The molecule has 126 valence electrons. The van der Waals surface area contributed by atoms with Crippen molar-refractivity contribution in [3.05, 3.63) is 42.1 Å². The fourth-order valence-electron chi connectivity index (χ4n) is 3.70. The van der Waals surface area contributed by atoms with E-state index in [4.69, 9.17) is 4.74 Å². The number of nitrogens with zero attached hydrogens (tertiary/aromatic N) is 2. The predicted molar refractivity (Wildman–Crippen MR) is 98.1 cm³/mol. The van der Waals surface area contributed by atoms with Crippen molar-refractivity contribution in [1.82, 2.24) is 4.98 Å². The van der Waals surface area contributed by atoms with E-state index in [1.807, 2.05) is 19.4 Å². The molecular weight excluding hydrogens is 300 g/mol. The molecule has 4 rings (SSSR count). The van der Waals surface area contributed by atoms with Crippen molar-refractivity contribution in [3.63, 3.8) is 0 Å². The second-order valence-electron chi connectivity index (χ2n) is 6.64. The van der Waals surface area contributed by atoms with Gasteiger partial charge in [-0.25, -0.2) is 4.98 Å². The zero-order valence-electron chi connectivity index (χ0n) is 14.2. The topological polar surface area (TPSA) is 49.4 Å². The van der Waals surface area contributed by atoms with E-state index in [1.54, 1.807) is 0 Å². The standard InChI is InChI=1S/C19H24N4O/c1-13-10-16(24-2)7-9-23(13)15-5-6-17-18(11-15)21-12-14-4-3-8-20-19(14)22-17/h3-6,8,11,13,16,21H,7,9-10,12H2,1-2H3,(H,20,22)/t13-,16?/m1/s1. The summed E-state index contributed by atoms with van der Waals surface area (Å²) in [5.41, 5.74) is 4.66. The van der Waals surface area contributed by atoms with Crippen LogP contribution in [0, 0.1) is 0 Å². The van der Waals surface area contributed by atoms with Gasteiger partial charge >= 0.3 is 0 Å². The Hall–Kier alpha value is -2.27. The van der Waals surface area contributed by atoms with E-state index in [2.05, 4.69) is 51.7 Å². The van der Waals surface area contributed by atoms with E-state index in [0.717, 1.165) is 43.1 Å². The number of rotatable bonds is 2. The quantitative estimate of drug-likeness (QED) is 0.881. The van der Waals surface area contributed by atoms with Crippen LogP contribution >= 0.6 is 0 Å². The number of pyridine rings is 1. The van der Waals surface area contributed by atoms with Gasteiger partial charge in [0.15, 0.2) is 0 Å². The lowest BCUT2D eigenvalue weighted by Crippen LogP contribution is -2.43. The number of ether oxygens (including phenoxy) is 1. The van der Waals surface area contributed by atoms with Gasteiger partial charge < -0.3 is 20.3 Å². The Morgan fingerprint density at radius 2 is 2.17 bits per heavy atom. The van der Waals surface area contributed by atoms with Crippen LogP contribution in [0.25, 0.3) is 0 Å². The van der Waals surface area contributed by atoms with Crippen molar-refractivity contribution in [2.24, 2.45) is 0 Å². The summed E-state index contributed by atoms with van der Waals surface area (Å²) in [7, 11) is 1.82. The Balaban J connectivity index is 1.59. The summed E-state index contributed by atoms with van der Waals surface area (Å²) in [5, 5.41) is 6.99. The predicted octanol–water partition coefficient (Wildman–Crippen LogP) is 3.75. The van der Waals surface area contributed by atoms with Crippen molar-refractivity contribution in [1.29, 1.82) is 0 Å². The number of nitrogens with one attached hydrogen (secondary N) is 2. The molecule has 2 aliphatic heterocycles. The highest BCUT2D eigenvalue weighted by atomic mass is 16.5. The summed E-state index contributed by atoms with van der Waals surface area (Å²) in [6.07, 6.45) is 4.37. The maximum atomic E-state index is 5.53. The fraction of sp³-hybridized carbons (Fsp3) is 0.421. The van der Waals surface area contributed by atoms with Gasteiger partial charge in [0.25, 0.3) is 0 Å². The van der Waals surface area contributed by atoms with E-state index in [1.165, 1.54) is 11.3 Å². The summed E-state index contributed by atoms with van der Waals surface area (Å²) < 4.78 is 5.53. The van der Waals surface area contributed by atoms with E-state index >= 15 is 0 Å². The van der Waals surface area contributed by atoms with Crippen LogP contribution in [0.4, 0.5) is 22.9 Å². The van der Waals surface area contributed by atoms with E-state index in [9.17, 15) is 0 Å². The first-order chi connectivity index (χ1) is 11.7. The summed E-state index contributed by atoms with van der Waals surface area (Å²) >= 11 is 0. The number of hydrogen-bond acceptors (Lipinski definition) is 5. The molecule has 0 radical (unpaired) electrons. The zero-order valence-corrected chi connectivity index (χ0v) is 14.2. The first-order valence-corrected chi connectivity index (χ1v) is 8.63. The molecule has 2 atom stereocenters. The average molecular weight is 324 g/mol. The van der Waals surface area contributed by atoms with Gasteiger partial charge in [-0.1, -0.05) is 6.07 Å². The van der Waals surface area contributed by atoms with Crippen LogP contribution in [0.15, 0.2) is 36.5 Å². The van der Waals surface area contributed by atoms with Crippen LogP contribution in [0.1, 0.15) is 25.3 Å². The molecule has 0 bridgehead atoms. The zero-order chi connectivity index (χ0) is 16.5. The van der Waals surface area contributed by atoms with Gasteiger partial charge in [-0.3, -0.25) is 0 Å². The molecule has 3 heterocycles. The minimum atomic E-state index is 0.387. The highest BCUT2D eigenvalue weighted by molar-refractivity contribution is 5.80. The summed E-state index contributed by atoms with van der Waals surface area (Å²) in [5.74, 6) is 0.936. The summed E-state index contributed by atoms with van der Waals surface area (Å²) in [6, 6.07) is 11.2. The third-order valence-electron chi connectivity index (χ3n) is 5.11. The maximum Gasteiger partial charge on any atom is 0.135 e. The van der Waals surface area contributed by atoms with Crippen LogP contribution in [0.5, 0.6) is 0 Å². The van der Waals surface area contributed by atoms with Crippen LogP contribution < -0.4 is 15.5 Å². The lowest BCUT2D eigenvalue weighted by Gasteiger charge is -2.39. The molecule has 1 aromatic heterocycles. The first-order valence-electron chi connectivity index (χ1n) is 8.63. The fourth-order valence-corrected chi connectivity index (χ4v) is 3.70.